The molecule has 0 fully saturated rings. The monoisotopic (exact) mass is 952 g/mol. The molecule has 0 spiro atoms. The number of sulfone groups is 2. The van der Waals surface area contributed by atoms with Crippen LogP contribution in [-0.2, 0) is 42.0 Å². The fourth-order valence-corrected chi connectivity index (χ4v) is 6.99. The Kier molecular flexibility index (Phi) is 14.5. The molecule has 18 nitrogen and oxygen atoms in total. The van der Waals surface area contributed by atoms with Gasteiger partial charge >= 0.3 is 8.26 Å². The van der Waals surface area contributed by atoms with E-state index >= 15 is 0 Å². The lowest BCUT2D eigenvalue weighted by Crippen LogP contribution is -2.21. The van der Waals surface area contributed by atoms with E-state index in [1.54, 1.807) is 24.3 Å². The maximum atomic E-state index is 13.0. The van der Waals surface area contributed by atoms with Gasteiger partial charge in [-0.05, 0) is 29.8 Å². The predicted octanol–water partition coefficient (Wildman–Crippen LogP) is 4.85. The highest BCUT2D eigenvalue weighted by Crippen LogP contribution is 2.45. The van der Waals surface area contributed by atoms with Gasteiger partial charge in [0.15, 0.2) is 0 Å². The lowest BCUT2D eigenvalue weighted by Gasteiger charge is -2.15. The number of hydrogen-bond acceptors (Lipinski definition) is 16. The maximum Gasteiger partial charge on any atom is 0.317 e. The molecule has 4 heterocycles. The molecule has 0 amide bonds. The van der Waals surface area contributed by atoms with Gasteiger partial charge in [0.25, 0.3) is 11.1 Å². The van der Waals surface area contributed by atoms with Crippen molar-refractivity contribution < 1.29 is 44.2 Å². The average Bonchev–Trinajstić information content (AvgIpc) is 3.16. The number of hydrogen-bond donors (Lipinski definition) is 0. The Balaban J connectivity index is 0.000000234. The molecule has 6 aromatic rings. The van der Waals surface area contributed by atoms with Crippen molar-refractivity contribution in [2.75, 3.05) is 41.0 Å². The number of pyridine rings is 2. The quantitative estimate of drug-likeness (QED) is 0.147. The summed E-state index contributed by atoms with van der Waals surface area (Å²) in [6, 6.07) is 9.78. The molecule has 316 valence electrons. The first-order valence-corrected chi connectivity index (χ1v) is 23.6. The van der Waals surface area contributed by atoms with E-state index in [1.165, 1.54) is 76.2 Å². The lowest BCUT2D eigenvalue weighted by molar-refractivity contribution is 0.394. The van der Waals surface area contributed by atoms with E-state index < -0.39 is 33.5 Å². The van der Waals surface area contributed by atoms with Crippen molar-refractivity contribution in [3.05, 3.63) is 79.5 Å². The third kappa shape index (κ3) is 10.9. The Hall–Kier alpha value is -4.77. The first kappa shape index (κ1) is 46.9. The molecule has 2 aromatic carbocycles. The van der Waals surface area contributed by atoms with Gasteiger partial charge in [0, 0.05) is 94.4 Å². The number of rotatable bonds is 8. The van der Waals surface area contributed by atoms with Gasteiger partial charge in [-0.2, -0.15) is 18.4 Å². The van der Waals surface area contributed by atoms with E-state index in [9.17, 15) is 26.4 Å². The zero-order valence-corrected chi connectivity index (χ0v) is 37.4. The summed E-state index contributed by atoms with van der Waals surface area (Å²) >= 11 is 12.8. The summed E-state index contributed by atoms with van der Waals surface area (Å²) in [6.07, 6.45) is 4.71. The number of aromatic nitrogens is 6. The lowest BCUT2D eigenvalue weighted by atomic mass is 10.0. The van der Waals surface area contributed by atoms with Crippen LogP contribution in [0.5, 0.6) is 23.0 Å². The van der Waals surface area contributed by atoms with Crippen LogP contribution in [0.4, 0.5) is 0 Å². The summed E-state index contributed by atoms with van der Waals surface area (Å²) in [5.41, 5.74) is 0.988. The zero-order valence-electron chi connectivity index (χ0n) is 31.9. The minimum Gasteiger partial charge on any atom is -0.497 e. The third-order valence-electron chi connectivity index (χ3n) is 8.02. The van der Waals surface area contributed by atoms with Gasteiger partial charge in [0.2, 0.25) is 30.0 Å². The van der Waals surface area contributed by atoms with E-state index in [2.05, 4.69) is 41.3 Å². The van der Waals surface area contributed by atoms with E-state index in [-0.39, 0.29) is 59.8 Å². The van der Waals surface area contributed by atoms with Gasteiger partial charge < -0.3 is 18.9 Å². The first-order valence-electron chi connectivity index (χ1n) is 16.0. The maximum absolute atomic E-state index is 13.0. The second-order valence-electron chi connectivity index (χ2n) is 12.0. The number of benzene rings is 2. The first-order chi connectivity index (χ1) is 27.3. The number of fused-ring (bicyclic) bond motifs is 2. The number of nitrogens with zero attached hydrogens (tertiary/aromatic N) is 6. The molecule has 0 aliphatic rings. The van der Waals surface area contributed by atoms with Crippen LogP contribution in [0.2, 0.25) is 10.0 Å². The highest BCUT2D eigenvalue weighted by molar-refractivity contribution is 8.31. The van der Waals surface area contributed by atoms with Crippen LogP contribution < -0.4 is 30.1 Å². The van der Waals surface area contributed by atoms with Crippen LogP contribution >= 0.6 is 44.6 Å². The fraction of sp³-hybridized carbons (Fsp3) is 0.235. The molecule has 0 saturated heterocycles. The van der Waals surface area contributed by atoms with E-state index in [4.69, 9.17) is 50.6 Å². The normalized spacial score (nSPS) is 11.6. The summed E-state index contributed by atoms with van der Waals surface area (Å²) in [6.45, 7) is 0. The number of aryl methyl sites for hydroxylation is 2. The molecule has 0 aliphatic carbocycles. The summed E-state index contributed by atoms with van der Waals surface area (Å²) < 4.78 is 88.6. The topological polar surface area (TPSA) is 235 Å². The molecule has 0 radical (unpaired) electrons. The van der Waals surface area contributed by atoms with Gasteiger partial charge in [0.1, 0.15) is 34.3 Å². The summed E-state index contributed by atoms with van der Waals surface area (Å²) in [5, 5.41) is 0.546. The Morgan fingerprint density at radius 3 is 1.31 bits per heavy atom. The molecule has 4 aromatic heterocycles. The van der Waals surface area contributed by atoms with Gasteiger partial charge in [-0.3, -0.25) is 18.7 Å². The molecule has 0 atom stereocenters. The van der Waals surface area contributed by atoms with Crippen LogP contribution in [0.25, 0.3) is 44.3 Å². The molecule has 59 heavy (non-hydrogen) atoms. The molecular weight excluding hydrogens is 922 g/mol. The summed E-state index contributed by atoms with van der Waals surface area (Å²) in [7, 11) is 6.51. The Morgan fingerprint density at radius 1 is 0.576 bits per heavy atom. The number of halogens is 4. The van der Waals surface area contributed by atoms with E-state index in [0.29, 0.717) is 33.4 Å². The van der Waals surface area contributed by atoms with Crippen molar-refractivity contribution in [1.29, 1.82) is 0 Å². The Morgan fingerprint density at radius 2 is 0.949 bits per heavy atom. The van der Waals surface area contributed by atoms with Crippen molar-refractivity contribution in [3.63, 3.8) is 0 Å². The summed E-state index contributed by atoms with van der Waals surface area (Å²) in [5.74, 6) is 1.66. The van der Waals surface area contributed by atoms with Crippen molar-refractivity contribution >= 4 is 94.6 Å². The smallest absolute Gasteiger partial charge is 0.317 e. The fourth-order valence-electron chi connectivity index (χ4n) is 5.29. The van der Waals surface area contributed by atoms with Crippen LogP contribution in [0.15, 0.2) is 68.7 Å². The Bertz CT molecular complexity index is 3030. The van der Waals surface area contributed by atoms with Crippen LogP contribution in [0.1, 0.15) is 0 Å². The summed E-state index contributed by atoms with van der Waals surface area (Å²) in [4.78, 5) is 41.6. The van der Waals surface area contributed by atoms with Crippen molar-refractivity contribution in [1.82, 2.24) is 29.1 Å². The molecule has 0 unspecified atom stereocenters. The molecule has 0 aliphatic heterocycles. The van der Waals surface area contributed by atoms with Crippen molar-refractivity contribution in [3.8, 4) is 45.3 Å². The molecule has 0 N–H and O–H groups in total. The highest BCUT2D eigenvalue weighted by atomic mass is 36.0. The average molecular weight is 955 g/mol. The molecule has 6 rings (SSSR count). The van der Waals surface area contributed by atoms with Gasteiger partial charge in [0.05, 0.1) is 44.0 Å². The number of methoxy groups -OCH3 is 4. The standard InChI is InChI=1S/C17H15Cl2N3O5S.C17H17N3O5S.Cl2O2S/c1-22-15-8(7-20-17(21-15)28(4,24)25)5-9(16(22)23)12-13(18)10(26-2)6-11(27-3)14(12)19;1-20-15-11(9-18-17(19-15)26(4,22)23)7-14(16(20)21)10-5-12(24-2)8-13(6-10)25-3;1-5(2,3)4/h5-7H,1-4H3;5-9H,1-4H3;. The van der Waals surface area contributed by atoms with Gasteiger partial charge in [-0.15, -0.1) is 0 Å². The predicted molar refractivity (Wildman–Crippen MR) is 224 cm³/mol. The van der Waals surface area contributed by atoms with E-state index in [0.717, 1.165) is 12.5 Å². The largest absolute Gasteiger partial charge is 0.497 e. The minimum absolute atomic E-state index is 0.137. The number of ether oxygens (including phenoxy) is 4. The van der Waals surface area contributed by atoms with Gasteiger partial charge in [-0.25, -0.2) is 26.8 Å². The highest BCUT2D eigenvalue weighted by Gasteiger charge is 2.23. The van der Waals surface area contributed by atoms with Crippen molar-refractivity contribution in [2.45, 2.75) is 10.3 Å². The second kappa shape index (κ2) is 18.2. The van der Waals surface area contributed by atoms with Crippen LogP contribution in [0, 0.1) is 0 Å². The molecule has 0 bridgehead atoms. The SMILES string of the molecule is COc1cc(OC)c(Cl)c(-c2cc3cnc(S(C)(=O)=O)nc3n(C)c2=O)c1Cl.COc1cc(OC)cc(-c2cc3cnc(S(C)(=O)=O)nc3n(C)c2=O)c1.O=S(=O)(Cl)Cl. The molecule has 25 heteroatoms. The molecule has 0 saturated carbocycles. The van der Waals surface area contributed by atoms with Crippen LogP contribution in [0.3, 0.4) is 0 Å². The Labute approximate surface area is 356 Å². The zero-order chi connectivity index (χ0) is 44.4. The van der Waals surface area contributed by atoms with Gasteiger partial charge in [-0.1, -0.05) is 23.2 Å². The minimum atomic E-state index is -3.72. The third-order valence-corrected chi connectivity index (χ3v) is 10.5. The molecular formula is C34H32Cl4N6O12S3. The van der Waals surface area contributed by atoms with Crippen LogP contribution in [-0.4, -0.2) is 95.3 Å². The van der Waals surface area contributed by atoms with Crippen molar-refractivity contribution in [2.24, 2.45) is 14.1 Å². The second-order valence-corrected chi connectivity index (χ2v) is 20.3. The van der Waals surface area contributed by atoms with E-state index in [1.807, 2.05) is 0 Å².